The molecular weight excluding hydrogens is 296 g/mol. The van der Waals surface area contributed by atoms with Crippen molar-refractivity contribution in [3.8, 4) is 11.5 Å². The standard InChI is InChI=1S/C17H20N2O4/c1-11-9-16(23-18-11)17(20)19-8-4-5-14(19)13-7-6-12(21-2)10-15(13)22-3/h6-7,9-10,14H,4-5,8H2,1-3H3. The van der Waals surface area contributed by atoms with Crippen LogP contribution in [-0.2, 0) is 0 Å². The smallest absolute Gasteiger partial charge is 0.292 e. The van der Waals surface area contributed by atoms with Crippen molar-refractivity contribution in [1.82, 2.24) is 10.1 Å². The molecule has 2 aromatic rings. The number of nitrogens with zero attached hydrogens (tertiary/aromatic N) is 2. The second-order valence-corrected chi connectivity index (χ2v) is 5.60. The van der Waals surface area contributed by atoms with Crippen molar-refractivity contribution in [1.29, 1.82) is 0 Å². The third kappa shape index (κ3) is 2.88. The van der Waals surface area contributed by atoms with Crippen LogP contribution < -0.4 is 9.47 Å². The van der Waals surface area contributed by atoms with Crippen molar-refractivity contribution in [3.05, 3.63) is 41.3 Å². The first-order chi connectivity index (χ1) is 11.1. The van der Waals surface area contributed by atoms with Crippen LogP contribution in [0.5, 0.6) is 11.5 Å². The maximum Gasteiger partial charge on any atom is 0.292 e. The van der Waals surface area contributed by atoms with Crippen LogP contribution in [0, 0.1) is 6.92 Å². The van der Waals surface area contributed by atoms with Gasteiger partial charge < -0.3 is 18.9 Å². The molecule has 1 aromatic carbocycles. The number of rotatable bonds is 4. The van der Waals surface area contributed by atoms with E-state index in [2.05, 4.69) is 5.16 Å². The number of carbonyl (C=O) groups excluding carboxylic acids is 1. The molecule has 1 saturated heterocycles. The molecule has 0 spiro atoms. The second kappa shape index (κ2) is 6.32. The Hall–Kier alpha value is -2.50. The maximum absolute atomic E-state index is 12.7. The highest BCUT2D eigenvalue weighted by Gasteiger charge is 2.34. The molecule has 1 aromatic heterocycles. The summed E-state index contributed by atoms with van der Waals surface area (Å²) in [5.74, 6) is 1.60. The molecule has 3 rings (SSSR count). The van der Waals surface area contributed by atoms with Gasteiger partial charge in [0.1, 0.15) is 11.5 Å². The summed E-state index contributed by atoms with van der Waals surface area (Å²) in [4.78, 5) is 14.5. The third-order valence-corrected chi connectivity index (χ3v) is 4.15. The van der Waals surface area contributed by atoms with Crippen LogP contribution in [0.2, 0.25) is 0 Å². The lowest BCUT2D eigenvalue weighted by Gasteiger charge is -2.25. The van der Waals surface area contributed by atoms with Crippen LogP contribution in [0.1, 0.15) is 40.7 Å². The Morgan fingerprint density at radius 3 is 2.78 bits per heavy atom. The summed E-state index contributed by atoms with van der Waals surface area (Å²) in [5.41, 5.74) is 1.68. The first-order valence-electron chi connectivity index (χ1n) is 7.60. The number of aryl methyl sites for hydroxylation is 1. The molecule has 0 saturated carbocycles. The van der Waals surface area contributed by atoms with E-state index in [0.717, 1.165) is 29.9 Å². The Labute approximate surface area is 135 Å². The van der Waals surface area contributed by atoms with E-state index in [4.69, 9.17) is 14.0 Å². The third-order valence-electron chi connectivity index (χ3n) is 4.15. The van der Waals surface area contributed by atoms with Crippen LogP contribution in [0.4, 0.5) is 0 Å². The predicted molar refractivity (Wildman–Crippen MR) is 83.8 cm³/mol. The first-order valence-corrected chi connectivity index (χ1v) is 7.60. The minimum Gasteiger partial charge on any atom is -0.497 e. The number of hydrogen-bond donors (Lipinski definition) is 0. The normalized spacial score (nSPS) is 17.3. The summed E-state index contributed by atoms with van der Waals surface area (Å²) in [6.45, 7) is 2.49. The summed E-state index contributed by atoms with van der Waals surface area (Å²) < 4.78 is 15.8. The number of amides is 1. The Bertz CT molecular complexity index is 710. The molecule has 2 heterocycles. The molecule has 0 aliphatic carbocycles. The fourth-order valence-electron chi connectivity index (χ4n) is 3.03. The molecule has 1 atom stereocenters. The molecule has 1 unspecified atom stereocenters. The average Bonchev–Trinajstić information content (AvgIpc) is 3.22. The predicted octanol–water partition coefficient (Wildman–Crippen LogP) is 2.98. The van der Waals surface area contributed by atoms with Crippen molar-refractivity contribution in [2.75, 3.05) is 20.8 Å². The van der Waals surface area contributed by atoms with E-state index in [0.29, 0.717) is 12.2 Å². The van der Waals surface area contributed by atoms with Crippen LogP contribution in [0.3, 0.4) is 0 Å². The molecule has 0 radical (unpaired) electrons. The summed E-state index contributed by atoms with van der Waals surface area (Å²) in [6, 6.07) is 7.32. The molecule has 1 aliphatic rings. The van der Waals surface area contributed by atoms with Gasteiger partial charge in [-0.2, -0.15) is 0 Å². The van der Waals surface area contributed by atoms with Crippen molar-refractivity contribution in [2.24, 2.45) is 0 Å². The number of benzene rings is 1. The molecule has 1 fully saturated rings. The first kappa shape index (κ1) is 15.4. The fourth-order valence-corrected chi connectivity index (χ4v) is 3.03. The summed E-state index contributed by atoms with van der Waals surface area (Å²) in [5, 5.41) is 3.80. The Morgan fingerprint density at radius 1 is 1.30 bits per heavy atom. The monoisotopic (exact) mass is 316 g/mol. The lowest BCUT2D eigenvalue weighted by Crippen LogP contribution is -2.30. The molecule has 6 heteroatoms. The largest absolute Gasteiger partial charge is 0.497 e. The highest BCUT2D eigenvalue weighted by Crippen LogP contribution is 2.39. The quantitative estimate of drug-likeness (QED) is 0.867. The van der Waals surface area contributed by atoms with Gasteiger partial charge >= 0.3 is 0 Å². The zero-order valence-electron chi connectivity index (χ0n) is 13.5. The number of ether oxygens (including phenoxy) is 2. The van der Waals surface area contributed by atoms with Gasteiger partial charge in [0.05, 0.1) is 26.0 Å². The lowest BCUT2D eigenvalue weighted by atomic mass is 10.0. The van der Waals surface area contributed by atoms with E-state index in [9.17, 15) is 4.79 Å². The zero-order chi connectivity index (χ0) is 16.4. The minimum atomic E-state index is -0.133. The van der Waals surface area contributed by atoms with Gasteiger partial charge in [-0.25, -0.2) is 0 Å². The number of methoxy groups -OCH3 is 2. The van der Waals surface area contributed by atoms with Crippen LogP contribution in [0.25, 0.3) is 0 Å². The number of aromatic nitrogens is 1. The molecule has 1 amide bonds. The Kier molecular flexibility index (Phi) is 4.23. The van der Waals surface area contributed by atoms with E-state index in [1.54, 1.807) is 27.2 Å². The number of hydrogen-bond acceptors (Lipinski definition) is 5. The molecule has 6 nitrogen and oxygen atoms in total. The average molecular weight is 316 g/mol. The SMILES string of the molecule is COc1ccc(C2CCCN2C(=O)c2cc(C)no2)c(OC)c1. The van der Waals surface area contributed by atoms with E-state index < -0.39 is 0 Å². The van der Waals surface area contributed by atoms with Gasteiger partial charge in [0, 0.05) is 24.2 Å². The van der Waals surface area contributed by atoms with Crippen LogP contribution in [0.15, 0.2) is 28.8 Å². The molecule has 0 N–H and O–H groups in total. The fraction of sp³-hybridized carbons (Fsp3) is 0.412. The Morgan fingerprint density at radius 2 is 2.13 bits per heavy atom. The van der Waals surface area contributed by atoms with E-state index in [1.807, 2.05) is 23.1 Å². The van der Waals surface area contributed by atoms with Crippen LogP contribution in [-0.4, -0.2) is 36.7 Å². The van der Waals surface area contributed by atoms with E-state index >= 15 is 0 Å². The maximum atomic E-state index is 12.7. The summed E-state index contributed by atoms with van der Waals surface area (Å²) >= 11 is 0. The van der Waals surface area contributed by atoms with Gasteiger partial charge in [0.2, 0.25) is 5.76 Å². The van der Waals surface area contributed by atoms with Crippen molar-refractivity contribution in [2.45, 2.75) is 25.8 Å². The van der Waals surface area contributed by atoms with Gasteiger partial charge in [-0.1, -0.05) is 5.16 Å². The highest BCUT2D eigenvalue weighted by atomic mass is 16.5. The summed E-state index contributed by atoms with van der Waals surface area (Å²) in [6.07, 6.45) is 1.83. The van der Waals surface area contributed by atoms with Crippen molar-refractivity contribution in [3.63, 3.8) is 0 Å². The van der Waals surface area contributed by atoms with Gasteiger partial charge in [-0.15, -0.1) is 0 Å². The zero-order valence-corrected chi connectivity index (χ0v) is 13.5. The molecule has 1 aliphatic heterocycles. The minimum absolute atomic E-state index is 0.0336. The number of carbonyl (C=O) groups is 1. The van der Waals surface area contributed by atoms with E-state index in [1.165, 1.54) is 0 Å². The van der Waals surface area contributed by atoms with Crippen molar-refractivity contribution >= 4 is 5.91 Å². The molecule has 23 heavy (non-hydrogen) atoms. The lowest BCUT2D eigenvalue weighted by molar-refractivity contribution is 0.0692. The Balaban J connectivity index is 1.91. The van der Waals surface area contributed by atoms with Crippen LogP contribution >= 0.6 is 0 Å². The molecule has 122 valence electrons. The van der Waals surface area contributed by atoms with Crippen molar-refractivity contribution < 1.29 is 18.8 Å². The van der Waals surface area contributed by atoms with Gasteiger partial charge in [0.25, 0.3) is 5.91 Å². The number of likely N-dealkylation sites (tertiary alicyclic amines) is 1. The molecule has 0 bridgehead atoms. The van der Waals surface area contributed by atoms with Gasteiger partial charge in [-0.05, 0) is 31.9 Å². The van der Waals surface area contributed by atoms with Gasteiger partial charge in [0.15, 0.2) is 0 Å². The van der Waals surface area contributed by atoms with E-state index in [-0.39, 0.29) is 17.7 Å². The molecular formula is C17H20N2O4. The summed E-state index contributed by atoms with van der Waals surface area (Å²) in [7, 11) is 3.24. The van der Waals surface area contributed by atoms with Gasteiger partial charge in [-0.3, -0.25) is 4.79 Å². The topological polar surface area (TPSA) is 64.8 Å². The highest BCUT2D eigenvalue weighted by molar-refractivity contribution is 5.92. The second-order valence-electron chi connectivity index (χ2n) is 5.60.